The average molecular weight is 488 g/mol. The van der Waals surface area contributed by atoms with Gasteiger partial charge in [0.25, 0.3) is 0 Å². The van der Waals surface area contributed by atoms with Gasteiger partial charge in [0.15, 0.2) is 17.5 Å². The maximum Gasteiger partial charge on any atom is 0.167 e. The van der Waals surface area contributed by atoms with E-state index < -0.39 is 6.10 Å². The number of methoxy groups -OCH3 is 1. The van der Waals surface area contributed by atoms with E-state index in [1.807, 2.05) is 68.4 Å². The number of aromatic nitrogens is 3. The van der Waals surface area contributed by atoms with Crippen molar-refractivity contribution in [3.63, 3.8) is 0 Å². The first kappa shape index (κ1) is 25.1. The molecule has 4 aromatic rings. The van der Waals surface area contributed by atoms with Gasteiger partial charge in [-0.05, 0) is 50.2 Å². The highest BCUT2D eigenvalue weighted by Crippen LogP contribution is 2.33. The number of hydrogen-bond acceptors (Lipinski definition) is 8. The number of aliphatic hydroxyl groups excluding tert-OH is 1. The number of benzene rings is 3. The van der Waals surface area contributed by atoms with Crippen molar-refractivity contribution < 1.29 is 24.4 Å². The third-order valence-electron chi connectivity index (χ3n) is 5.29. The van der Waals surface area contributed by atoms with Crippen LogP contribution in [0.25, 0.3) is 34.2 Å². The van der Waals surface area contributed by atoms with Gasteiger partial charge in [0.1, 0.15) is 30.0 Å². The molecule has 0 spiro atoms. The van der Waals surface area contributed by atoms with Crippen LogP contribution in [0.15, 0.2) is 72.8 Å². The minimum Gasteiger partial charge on any atom is -0.507 e. The van der Waals surface area contributed by atoms with E-state index in [1.165, 1.54) is 6.07 Å². The lowest BCUT2D eigenvalue weighted by atomic mass is 10.1. The van der Waals surface area contributed by atoms with Crippen molar-refractivity contribution in [1.82, 2.24) is 15.0 Å². The lowest BCUT2D eigenvalue weighted by molar-refractivity contribution is -0.0123. The highest BCUT2D eigenvalue weighted by Gasteiger charge is 2.16. The van der Waals surface area contributed by atoms with Crippen LogP contribution < -0.4 is 9.47 Å². The first-order chi connectivity index (χ1) is 17.4. The highest BCUT2D eigenvalue weighted by molar-refractivity contribution is 5.70. The summed E-state index contributed by atoms with van der Waals surface area (Å²) in [6, 6.07) is 21.9. The minimum atomic E-state index is -0.779. The van der Waals surface area contributed by atoms with Gasteiger partial charge in [0, 0.05) is 17.2 Å². The van der Waals surface area contributed by atoms with Crippen LogP contribution in [0.3, 0.4) is 0 Å². The summed E-state index contributed by atoms with van der Waals surface area (Å²) in [5.74, 6) is 2.36. The largest absolute Gasteiger partial charge is 0.507 e. The number of ether oxygens (including phenoxy) is 3. The zero-order valence-electron chi connectivity index (χ0n) is 20.5. The van der Waals surface area contributed by atoms with Crippen molar-refractivity contribution in [2.75, 3.05) is 20.3 Å². The number of aromatic hydroxyl groups is 1. The lowest BCUT2D eigenvalue weighted by Crippen LogP contribution is -2.25. The number of nitrogens with zero attached hydrogens (tertiary/aromatic N) is 3. The molecule has 0 fully saturated rings. The summed E-state index contributed by atoms with van der Waals surface area (Å²) in [5.41, 5.74) is 2.04. The van der Waals surface area contributed by atoms with Gasteiger partial charge in [-0.25, -0.2) is 15.0 Å². The van der Waals surface area contributed by atoms with E-state index in [1.54, 1.807) is 19.2 Å². The van der Waals surface area contributed by atoms with Gasteiger partial charge in [0.2, 0.25) is 0 Å². The standard InChI is InChI=1S/C28H29N3O5/c1-18(2)35-16-21(32)17-36-23-13-14-24(25(33)15-23)28-30-26(19-7-5-4-6-8-19)29-27(31-28)20-9-11-22(34-3)12-10-20/h4-15,18,21,32-33H,16-17H2,1-3H3. The Balaban J connectivity index is 1.64. The van der Waals surface area contributed by atoms with Crippen molar-refractivity contribution in [2.45, 2.75) is 26.1 Å². The van der Waals surface area contributed by atoms with Crippen molar-refractivity contribution in [2.24, 2.45) is 0 Å². The minimum absolute atomic E-state index is 0.0203. The van der Waals surface area contributed by atoms with Gasteiger partial charge >= 0.3 is 0 Å². The molecule has 0 amide bonds. The second-order valence-corrected chi connectivity index (χ2v) is 8.43. The number of phenolic OH excluding ortho intramolecular Hbond substituents is 1. The Morgan fingerprint density at radius 3 is 1.97 bits per heavy atom. The van der Waals surface area contributed by atoms with Crippen LogP contribution in [0.2, 0.25) is 0 Å². The van der Waals surface area contributed by atoms with Crippen LogP contribution in [0, 0.1) is 0 Å². The summed E-state index contributed by atoms with van der Waals surface area (Å²) in [4.78, 5) is 13.9. The average Bonchev–Trinajstić information content (AvgIpc) is 2.91. The second kappa shape index (κ2) is 11.6. The molecule has 186 valence electrons. The topological polar surface area (TPSA) is 107 Å². The summed E-state index contributed by atoms with van der Waals surface area (Å²) in [7, 11) is 1.61. The fraction of sp³-hybridized carbons (Fsp3) is 0.250. The summed E-state index contributed by atoms with van der Waals surface area (Å²) in [5, 5.41) is 20.8. The van der Waals surface area contributed by atoms with Gasteiger partial charge in [-0.1, -0.05) is 30.3 Å². The molecule has 0 aliphatic carbocycles. The smallest absolute Gasteiger partial charge is 0.167 e. The normalized spacial score (nSPS) is 11.9. The van der Waals surface area contributed by atoms with Crippen molar-refractivity contribution in [3.05, 3.63) is 72.8 Å². The molecular weight excluding hydrogens is 458 g/mol. The van der Waals surface area contributed by atoms with Crippen molar-refractivity contribution in [1.29, 1.82) is 0 Å². The van der Waals surface area contributed by atoms with Gasteiger partial charge in [-0.15, -0.1) is 0 Å². The summed E-state index contributed by atoms with van der Waals surface area (Å²) >= 11 is 0. The summed E-state index contributed by atoms with van der Waals surface area (Å²) in [6.07, 6.45) is -0.759. The Morgan fingerprint density at radius 2 is 1.36 bits per heavy atom. The third-order valence-corrected chi connectivity index (χ3v) is 5.29. The zero-order chi connectivity index (χ0) is 25.5. The van der Waals surface area contributed by atoms with E-state index in [-0.39, 0.29) is 25.1 Å². The Kier molecular flexibility index (Phi) is 8.10. The van der Waals surface area contributed by atoms with E-state index in [4.69, 9.17) is 14.2 Å². The Morgan fingerprint density at radius 1 is 0.750 bits per heavy atom. The van der Waals surface area contributed by atoms with Crippen LogP contribution in [0.5, 0.6) is 17.2 Å². The maximum absolute atomic E-state index is 10.8. The molecule has 8 nitrogen and oxygen atoms in total. The van der Waals surface area contributed by atoms with Gasteiger partial charge < -0.3 is 24.4 Å². The number of aliphatic hydroxyl groups is 1. The Labute approximate surface area is 210 Å². The number of hydrogen-bond donors (Lipinski definition) is 2. The molecule has 0 aliphatic rings. The van der Waals surface area contributed by atoms with Crippen LogP contribution >= 0.6 is 0 Å². The Hall–Kier alpha value is -4.01. The van der Waals surface area contributed by atoms with E-state index in [0.717, 1.165) is 16.9 Å². The summed E-state index contributed by atoms with van der Waals surface area (Å²) in [6.45, 7) is 4.00. The molecule has 0 aliphatic heterocycles. The highest BCUT2D eigenvalue weighted by atomic mass is 16.5. The molecule has 0 saturated heterocycles. The number of rotatable bonds is 10. The molecule has 0 saturated carbocycles. The number of phenols is 1. The quantitative estimate of drug-likeness (QED) is 0.330. The second-order valence-electron chi connectivity index (χ2n) is 8.43. The molecule has 8 heteroatoms. The fourth-order valence-electron chi connectivity index (χ4n) is 3.42. The van der Waals surface area contributed by atoms with Gasteiger partial charge in [-0.3, -0.25) is 0 Å². The van der Waals surface area contributed by atoms with Gasteiger partial charge in [0.05, 0.1) is 25.4 Å². The van der Waals surface area contributed by atoms with Crippen LogP contribution in [-0.2, 0) is 4.74 Å². The van der Waals surface area contributed by atoms with E-state index in [0.29, 0.717) is 28.8 Å². The monoisotopic (exact) mass is 487 g/mol. The molecule has 0 bridgehead atoms. The predicted octanol–water partition coefficient (Wildman–Crippen LogP) is 4.75. The molecule has 0 radical (unpaired) electrons. The van der Waals surface area contributed by atoms with Gasteiger partial charge in [-0.2, -0.15) is 0 Å². The SMILES string of the molecule is COc1ccc(-c2nc(-c3ccccc3)nc(-c3ccc(OCC(O)COC(C)C)cc3O)n2)cc1. The molecule has 3 aromatic carbocycles. The lowest BCUT2D eigenvalue weighted by Gasteiger charge is -2.15. The Bertz CT molecular complexity index is 1280. The molecule has 36 heavy (non-hydrogen) atoms. The molecule has 1 aromatic heterocycles. The third kappa shape index (κ3) is 6.35. The van der Waals surface area contributed by atoms with E-state index >= 15 is 0 Å². The van der Waals surface area contributed by atoms with Crippen LogP contribution in [0.4, 0.5) is 0 Å². The molecular formula is C28H29N3O5. The van der Waals surface area contributed by atoms with Crippen LogP contribution in [0.1, 0.15) is 13.8 Å². The fourth-order valence-corrected chi connectivity index (χ4v) is 3.42. The summed E-state index contributed by atoms with van der Waals surface area (Å²) < 4.78 is 16.3. The maximum atomic E-state index is 10.8. The van der Waals surface area contributed by atoms with E-state index in [2.05, 4.69) is 15.0 Å². The first-order valence-electron chi connectivity index (χ1n) is 11.6. The molecule has 1 heterocycles. The molecule has 1 unspecified atom stereocenters. The molecule has 2 N–H and O–H groups in total. The van der Waals surface area contributed by atoms with E-state index in [9.17, 15) is 10.2 Å². The zero-order valence-corrected chi connectivity index (χ0v) is 20.5. The van der Waals surface area contributed by atoms with Crippen molar-refractivity contribution >= 4 is 0 Å². The predicted molar refractivity (Wildman–Crippen MR) is 137 cm³/mol. The molecule has 4 rings (SSSR count). The van der Waals surface area contributed by atoms with Crippen molar-refractivity contribution in [3.8, 4) is 51.4 Å². The first-order valence-corrected chi connectivity index (χ1v) is 11.6. The van der Waals surface area contributed by atoms with Crippen LogP contribution in [-0.4, -0.2) is 57.7 Å². The molecule has 1 atom stereocenters.